The van der Waals surface area contributed by atoms with E-state index in [4.69, 9.17) is 14.7 Å². The van der Waals surface area contributed by atoms with Crippen LogP contribution in [0.2, 0.25) is 0 Å². The molecule has 0 atom stereocenters. The summed E-state index contributed by atoms with van der Waals surface area (Å²) in [6.07, 6.45) is 6.11. The molecule has 0 amide bonds. The number of rotatable bonds is 6. The van der Waals surface area contributed by atoms with Crippen LogP contribution < -0.4 is 9.47 Å². The number of allylic oxidation sites excluding steroid dienone is 1. The van der Waals surface area contributed by atoms with Crippen molar-refractivity contribution in [3.8, 4) is 17.6 Å². The number of hydrogen-bond donors (Lipinski definition) is 0. The molecule has 4 nitrogen and oxygen atoms in total. The van der Waals surface area contributed by atoms with Gasteiger partial charge in [-0.15, -0.1) is 0 Å². The van der Waals surface area contributed by atoms with Gasteiger partial charge in [0.2, 0.25) is 0 Å². The van der Waals surface area contributed by atoms with Gasteiger partial charge in [0.05, 0.1) is 13.2 Å². The van der Waals surface area contributed by atoms with Crippen molar-refractivity contribution < 1.29 is 14.3 Å². The molecule has 0 aliphatic rings. The summed E-state index contributed by atoms with van der Waals surface area (Å²) in [5.41, 5.74) is 2.96. The number of carbonyl (C=O) groups excluding carboxylic acids is 1. The van der Waals surface area contributed by atoms with Crippen LogP contribution in [0.15, 0.2) is 54.6 Å². The number of benzene rings is 2. The van der Waals surface area contributed by atoms with Crippen molar-refractivity contribution in [3.63, 3.8) is 0 Å². The van der Waals surface area contributed by atoms with Crippen LogP contribution in [0.5, 0.6) is 11.5 Å². The van der Waals surface area contributed by atoms with Crippen molar-refractivity contribution >= 4 is 18.1 Å². The van der Waals surface area contributed by atoms with E-state index >= 15 is 0 Å². The Bertz CT molecular complexity index is 856. The summed E-state index contributed by atoms with van der Waals surface area (Å²) in [5.74, 6) is 0.729. The average molecular weight is 347 g/mol. The average Bonchev–Trinajstić information content (AvgIpc) is 2.65. The van der Waals surface area contributed by atoms with Gasteiger partial charge in [-0.3, -0.25) is 0 Å². The zero-order valence-electron chi connectivity index (χ0n) is 15.1. The third-order valence-electron chi connectivity index (χ3n) is 3.76. The molecule has 0 saturated carbocycles. The summed E-state index contributed by atoms with van der Waals surface area (Å²) < 4.78 is 10.6. The van der Waals surface area contributed by atoms with Gasteiger partial charge in [0.15, 0.2) is 11.5 Å². The topological polar surface area (TPSA) is 59.3 Å². The summed E-state index contributed by atoms with van der Waals surface area (Å²) in [5, 5.41) is 8.58. The maximum Gasteiger partial charge on any atom is 0.336 e. The fourth-order valence-corrected chi connectivity index (χ4v) is 2.30. The van der Waals surface area contributed by atoms with Gasteiger partial charge < -0.3 is 9.47 Å². The number of methoxy groups -OCH3 is 1. The predicted octanol–water partition coefficient (Wildman–Crippen LogP) is 4.97. The Morgan fingerprint density at radius 1 is 1.04 bits per heavy atom. The molecule has 0 heterocycles. The third-order valence-corrected chi connectivity index (χ3v) is 3.76. The van der Waals surface area contributed by atoms with Gasteiger partial charge in [-0.25, -0.2) is 4.79 Å². The molecule has 0 bridgehead atoms. The quantitative estimate of drug-likeness (QED) is 0.320. The van der Waals surface area contributed by atoms with E-state index in [9.17, 15) is 4.79 Å². The Kier molecular flexibility index (Phi) is 6.75. The van der Waals surface area contributed by atoms with Gasteiger partial charge in [-0.2, -0.15) is 5.26 Å². The minimum absolute atomic E-state index is 0.325. The van der Waals surface area contributed by atoms with Crippen molar-refractivity contribution in [2.75, 3.05) is 7.11 Å². The molecule has 0 radical (unpaired) electrons. The number of carbonyl (C=O) groups is 1. The van der Waals surface area contributed by atoms with Crippen LogP contribution in [-0.2, 0) is 4.79 Å². The summed E-state index contributed by atoms with van der Waals surface area (Å²) >= 11 is 0. The lowest BCUT2D eigenvalue weighted by Gasteiger charge is -2.08. The Morgan fingerprint density at radius 2 is 1.73 bits per heavy atom. The molecule has 0 aliphatic heterocycles. The Labute approximate surface area is 154 Å². The Morgan fingerprint density at radius 3 is 2.35 bits per heavy atom. The first-order chi connectivity index (χ1) is 12.5. The second-order valence-corrected chi connectivity index (χ2v) is 5.95. The molecule has 132 valence electrons. The van der Waals surface area contributed by atoms with Crippen LogP contribution in [0.4, 0.5) is 0 Å². The highest BCUT2D eigenvalue weighted by Gasteiger charge is 2.08. The smallest absolute Gasteiger partial charge is 0.336 e. The molecule has 26 heavy (non-hydrogen) atoms. The highest BCUT2D eigenvalue weighted by molar-refractivity contribution is 5.89. The highest BCUT2D eigenvalue weighted by atomic mass is 16.6. The molecule has 0 unspecified atom stereocenters. The standard InChI is InChI=1S/C22H21NO3/c1-16(2)19-10-6-17(7-11-19)9-13-22(24)26-20-12-8-18(5-4-14-23)15-21(20)25-3/h4-13,15-16H,1-3H3/b5-4-,13-9+. The van der Waals surface area contributed by atoms with Crippen LogP contribution in [0.3, 0.4) is 0 Å². The van der Waals surface area contributed by atoms with Gasteiger partial charge in [0.1, 0.15) is 0 Å². The lowest BCUT2D eigenvalue weighted by atomic mass is 10.0. The zero-order chi connectivity index (χ0) is 18.9. The van der Waals surface area contributed by atoms with Gasteiger partial charge in [0, 0.05) is 12.2 Å². The second kappa shape index (κ2) is 9.24. The molecule has 0 fully saturated rings. The van der Waals surface area contributed by atoms with Crippen molar-refractivity contribution in [1.82, 2.24) is 0 Å². The van der Waals surface area contributed by atoms with Gasteiger partial charge in [-0.1, -0.05) is 44.2 Å². The van der Waals surface area contributed by atoms with E-state index in [1.54, 1.807) is 30.4 Å². The Balaban J connectivity index is 2.07. The van der Waals surface area contributed by atoms with E-state index in [-0.39, 0.29) is 0 Å². The summed E-state index contributed by atoms with van der Waals surface area (Å²) in [6, 6.07) is 15.0. The first-order valence-electron chi connectivity index (χ1n) is 8.27. The molecule has 0 aromatic heterocycles. The number of nitrogens with zero attached hydrogens (tertiary/aromatic N) is 1. The van der Waals surface area contributed by atoms with E-state index in [0.29, 0.717) is 17.4 Å². The van der Waals surface area contributed by atoms with Gasteiger partial charge in [-0.05, 0) is 46.9 Å². The van der Waals surface area contributed by atoms with E-state index in [1.165, 1.54) is 24.8 Å². The van der Waals surface area contributed by atoms with Crippen molar-refractivity contribution in [1.29, 1.82) is 5.26 Å². The summed E-state index contributed by atoms with van der Waals surface area (Å²) in [7, 11) is 1.50. The fraction of sp³-hybridized carbons (Fsp3) is 0.182. The molecular weight excluding hydrogens is 326 g/mol. The molecule has 0 aliphatic carbocycles. The lowest BCUT2D eigenvalue weighted by molar-refractivity contribution is -0.129. The maximum absolute atomic E-state index is 12.1. The molecule has 2 aromatic rings. The largest absolute Gasteiger partial charge is 0.493 e. The monoisotopic (exact) mass is 347 g/mol. The van der Waals surface area contributed by atoms with E-state index in [0.717, 1.165) is 11.1 Å². The van der Waals surface area contributed by atoms with Crippen LogP contribution in [0, 0.1) is 11.3 Å². The van der Waals surface area contributed by atoms with Gasteiger partial charge >= 0.3 is 5.97 Å². The third kappa shape index (κ3) is 5.35. The highest BCUT2D eigenvalue weighted by Crippen LogP contribution is 2.28. The van der Waals surface area contributed by atoms with Crippen molar-refractivity contribution in [2.24, 2.45) is 0 Å². The van der Waals surface area contributed by atoms with Crippen LogP contribution >= 0.6 is 0 Å². The number of nitriles is 1. The number of esters is 1. The fourth-order valence-electron chi connectivity index (χ4n) is 2.30. The summed E-state index contributed by atoms with van der Waals surface area (Å²) in [4.78, 5) is 12.1. The summed E-state index contributed by atoms with van der Waals surface area (Å²) in [6.45, 7) is 4.27. The molecule has 0 saturated heterocycles. The minimum Gasteiger partial charge on any atom is -0.493 e. The maximum atomic E-state index is 12.1. The molecule has 4 heteroatoms. The van der Waals surface area contributed by atoms with Crippen LogP contribution in [-0.4, -0.2) is 13.1 Å². The number of ether oxygens (including phenoxy) is 2. The predicted molar refractivity (Wildman–Crippen MR) is 103 cm³/mol. The lowest BCUT2D eigenvalue weighted by Crippen LogP contribution is -2.05. The minimum atomic E-state index is -0.489. The molecule has 0 N–H and O–H groups in total. The van der Waals surface area contributed by atoms with E-state index in [1.807, 2.05) is 30.3 Å². The van der Waals surface area contributed by atoms with Gasteiger partial charge in [0.25, 0.3) is 0 Å². The van der Waals surface area contributed by atoms with Crippen LogP contribution in [0.1, 0.15) is 36.5 Å². The number of hydrogen-bond acceptors (Lipinski definition) is 4. The van der Waals surface area contributed by atoms with Crippen LogP contribution in [0.25, 0.3) is 12.2 Å². The van der Waals surface area contributed by atoms with Crippen molar-refractivity contribution in [3.05, 3.63) is 71.3 Å². The normalized spacial score (nSPS) is 11.0. The molecule has 2 aromatic carbocycles. The first kappa shape index (κ1) is 19.0. The molecular formula is C22H21NO3. The van der Waals surface area contributed by atoms with E-state index in [2.05, 4.69) is 13.8 Å². The zero-order valence-corrected chi connectivity index (χ0v) is 15.1. The Hall–Kier alpha value is -3.32. The van der Waals surface area contributed by atoms with E-state index < -0.39 is 5.97 Å². The molecule has 0 spiro atoms. The SMILES string of the molecule is COc1cc(/C=C\C#N)ccc1OC(=O)/C=C/c1ccc(C(C)C)cc1. The first-order valence-corrected chi connectivity index (χ1v) is 8.27. The molecule has 2 rings (SSSR count). The second-order valence-electron chi connectivity index (χ2n) is 5.95. The van der Waals surface area contributed by atoms with Crippen molar-refractivity contribution in [2.45, 2.75) is 19.8 Å².